The molecule has 0 spiro atoms. The van der Waals surface area contributed by atoms with E-state index in [0.717, 1.165) is 26.1 Å². The van der Waals surface area contributed by atoms with E-state index in [1.165, 1.54) is 0 Å². The first-order valence-corrected chi connectivity index (χ1v) is 6.32. The van der Waals surface area contributed by atoms with Gasteiger partial charge in [-0.05, 0) is 37.3 Å². The highest BCUT2D eigenvalue weighted by atomic mass is 35.5. The Morgan fingerprint density at radius 3 is 2.71 bits per heavy atom. The smallest absolute Gasteiger partial charge is 0.245 e. The number of anilines is 1. The van der Waals surface area contributed by atoms with Crippen LogP contribution in [0.2, 0.25) is 10.4 Å². The first-order chi connectivity index (χ1) is 8.16. The summed E-state index contributed by atoms with van der Waals surface area (Å²) in [4.78, 5) is 4.03. The van der Waals surface area contributed by atoms with Gasteiger partial charge < -0.3 is 10.1 Å². The molecule has 0 saturated carbocycles. The van der Waals surface area contributed by atoms with Crippen molar-refractivity contribution in [2.45, 2.75) is 25.8 Å². The zero-order valence-electron chi connectivity index (χ0n) is 9.49. The van der Waals surface area contributed by atoms with Crippen LogP contribution in [0.5, 0.6) is 0 Å². The zero-order chi connectivity index (χ0) is 12.3. The van der Waals surface area contributed by atoms with E-state index in [2.05, 4.69) is 27.4 Å². The van der Waals surface area contributed by atoms with Gasteiger partial charge in [-0.2, -0.15) is 4.98 Å². The van der Waals surface area contributed by atoms with Gasteiger partial charge in [0.2, 0.25) is 5.28 Å². The Labute approximate surface area is 110 Å². The molecule has 1 N–H and O–H groups in total. The molecule has 1 aromatic rings. The van der Waals surface area contributed by atoms with E-state index in [1.807, 2.05) is 0 Å². The van der Waals surface area contributed by atoms with E-state index in [9.17, 15) is 0 Å². The van der Waals surface area contributed by atoms with Crippen molar-refractivity contribution >= 4 is 29.0 Å². The molecule has 1 aliphatic rings. The van der Waals surface area contributed by atoms with Crippen molar-refractivity contribution in [2.24, 2.45) is 5.92 Å². The van der Waals surface area contributed by atoms with Crippen LogP contribution in [0, 0.1) is 5.92 Å². The molecular formula is C10H14Cl2N4O. The SMILES string of the molecule is CC(Nc1nc(Cl)nnc1Cl)C1CCOCC1. The van der Waals surface area contributed by atoms with Crippen LogP contribution in [-0.4, -0.2) is 34.4 Å². The molecule has 7 heteroatoms. The average molecular weight is 277 g/mol. The number of ether oxygens (including phenoxy) is 1. The Balaban J connectivity index is 2.01. The van der Waals surface area contributed by atoms with Gasteiger partial charge in [0.1, 0.15) is 0 Å². The zero-order valence-corrected chi connectivity index (χ0v) is 11.0. The van der Waals surface area contributed by atoms with Crippen molar-refractivity contribution in [3.8, 4) is 0 Å². The number of nitrogens with zero attached hydrogens (tertiary/aromatic N) is 3. The van der Waals surface area contributed by atoms with Gasteiger partial charge in [0.25, 0.3) is 0 Å². The molecule has 1 fully saturated rings. The summed E-state index contributed by atoms with van der Waals surface area (Å²) >= 11 is 11.6. The highest BCUT2D eigenvalue weighted by Crippen LogP contribution is 2.24. The summed E-state index contributed by atoms with van der Waals surface area (Å²) in [6, 6.07) is 0.254. The van der Waals surface area contributed by atoms with Gasteiger partial charge in [-0.1, -0.05) is 11.6 Å². The predicted molar refractivity (Wildman–Crippen MR) is 66.5 cm³/mol. The standard InChI is InChI=1S/C10H14Cl2N4O/c1-6(7-2-4-17-5-3-7)13-9-8(11)15-16-10(12)14-9/h6-7H,2-5H2,1H3,(H,13,14,16). The number of nitrogens with one attached hydrogen (secondary N) is 1. The van der Waals surface area contributed by atoms with Crippen molar-refractivity contribution in [1.82, 2.24) is 15.2 Å². The van der Waals surface area contributed by atoms with Gasteiger partial charge >= 0.3 is 0 Å². The summed E-state index contributed by atoms with van der Waals surface area (Å²) < 4.78 is 5.33. The molecule has 1 unspecified atom stereocenters. The van der Waals surface area contributed by atoms with Crippen LogP contribution in [0.3, 0.4) is 0 Å². The van der Waals surface area contributed by atoms with Crippen molar-refractivity contribution in [3.63, 3.8) is 0 Å². The monoisotopic (exact) mass is 276 g/mol. The molecule has 17 heavy (non-hydrogen) atoms. The minimum atomic E-state index is 0.0936. The third kappa shape index (κ3) is 3.40. The van der Waals surface area contributed by atoms with Crippen LogP contribution in [0.4, 0.5) is 5.82 Å². The number of hydrogen-bond acceptors (Lipinski definition) is 5. The molecule has 94 valence electrons. The highest BCUT2D eigenvalue weighted by molar-refractivity contribution is 6.32. The summed E-state index contributed by atoms with van der Waals surface area (Å²) in [5, 5.41) is 10.9. The molecule has 0 bridgehead atoms. The van der Waals surface area contributed by atoms with E-state index < -0.39 is 0 Å². The Kier molecular flexibility index (Phi) is 4.36. The van der Waals surface area contributed by atoms with Crippen LogP contribution >= 0.6 is 23.2 Å². The van der Waals surface area contributed by atoms with Crippen molar-refractivity contribution in [1.29, 1.82) is 0 Å². The van der Waals surface area contributed by atoms with Gasteiger partial charge in [0.05, 0.1) is 0 Å². The first kappa shape index (κ1) is 12.8. The molecule has 5 nitrogen and oxygen atoms in total. The fraction of sp³-hybridized carbons (Fsp3) is 0.700. The number of rotatable bonds is 3. The van der Waals surface area contributed by atoms with Crippen LogP contribution in [-0.2, 0) is 4.74 Å². The molecule has 0 aliphatic carbocycles. The lowest BCUT2D eigenvalue weighted by molar-refractivity contribution is 0.0622. The lowest BCUT2D eigenvalue weighted by Crippen LogP contribution is -2.31. The molecule has 2 heterocycles. The summed E-state index contributed by atoms with van der Waals surface area (Å²) in [6.07, 6.45) is 2.08. The summed E-state index contributed by atoms with van der Waals surface area (Å²) in [7, 11) is 0. The molecule has 2 rings (SSSR count). The molecule has 0 aromatic carbocycles. The summed E-state index contributed by atoms with van der Waals surface area (Å²) in [5.74, 6) is 1.04. The molecule has 1 aromatic heterocycles. The van der Waals surface area contributed by atoms with Crippen molar-refractivity contribution < 1.29 is 4.74 Å². The van der Waals surface area contributed by atoms with E-state index in [-0.39, 0.29) is 16.5 Å². The Hall–Kier alpha value is -0.650. The lowest BCUT2D eigenvalue weighted by Gasteiger charge is -2.28. The normalized spacial score (nSPS) is 19.0. The second kappa shape index (κ2) is 5.80. The van der Waals surface area contributed by atoms with Gasteiger partial charge in [-0.25, -0.2) is 0 Å². The second-order valence-electron chi connectivity index (χ2n) is 4.10. The van der Waals surface area contributed by atoms with Gasteiger partial charge in [0.15, 0.2) is 11.0 Å². The quantitative estimate of drug-likeness (QED) is 0.919. The Bertz CT molecular complexity index is 385. The maximum atomic E-state index is 5.90. The minimum Gasteiger partial charge on any atom is -0.381 e. The van der Waals surface area contributed by atoms with Gasteiger partial charge in [0, 0.05) is 19.3 Å². The van der Waals surface area contributed by atoms with E-state index in [0.29, 0.717) is 11.7 Å². The molecular weight excluding hydrogens is 263 g/mol. The Morgan fingerprint density at radius 2 is 2.00 bits per heavy atom. The van der Waals surface area contributed by atoms with Gasteiger partial charge in [-0.15, -0.1) is 10.2 Å². The molecule has 1 saturated heterocycles. The van der Waals surface area contributed by atoms with Crippen molar-refractivity contribution in [2.75, 3.05) is 18.5 Å². The molecule has 1 atom stereocenters. The summed E-state index contributed by atoms with van der Waals surface area (Å²) in [5.41, 5.74) is 0. The van der Waals surface area contributed by atoms with E-state index in [1.54, 1.807) is 0 Å². The van der Waals surface area contributed by atoms with Crippen molar-refractivity contribution in [3.05, 3.63) is 10.4 Å². The molecule has 1 aliphatic heterocycles. The minimum absolute atomic E-state index is 0.0936. The highest BCUT2D eigenvalue weighted by Gasteiger charge is 2.21. The second-order valence-corrected chi connectivity index (χ2v) is 4.80. The van der Waals surface area contributed by atoms with Gasteiger partial charge in [-0.3, -0.25) is 0 Å². The van der Waals surface area contributed by atoms with Crippen LogP contribution < -0.4 is 5.32 Å². The first-order valence-electron chi connectivity index (χ1n) is 5.57. The maximum absolute atomic E-state index is 5.90. The van der Waals surface area contributed by atoms with Crippen LogP contribution in [0.15, 0.2) is 0 Å². The fourth-order valence-corrected chi connectivity index (χ4v) is 2.19. The lowest BCUT2D eigenvalue weighted by atomic mass is 9.93. The van der Waals surface area contributed by atoms with E-state index in [4.69, 9.17) is 27.9 Å². The maximum Gasteiger partial charge on any atom is 0.245 e. The Morgan fingerprint density at radius 1 is 1.29 bits per heavy atom. The molecule has 0 radical (unpaired) electrons. The summed E-state index contributed by atoms with van der Waals surface area (Å²) in [6.45, 7) is 3.72. The average Bonchev–Trinajstić information content (AvgIpc) is 2.35. The van der Waals surface area contributed by atoms with Crippen LogP contribution in [0.25, 0.3) is 0 Å². The third-order valence-electron chi connectivity index (χ3n) is 2.96. The predicted octanol–water partition coefficient (Wildman–Crippen LogP) is 2.41. The number of hydrogen-bond donors (Lipinski definition) is 1. The fourth-order valence-electron chi connectivity index (χ4n) is 1.93. The topological polar surface area (TPSA) is 59.9 Å². The molecule has 0 amide bonds. The number of halogens is 2. The largest absolute Gasteiger partial charge is 0.381 e. The number of aromatic nitrogens is 3. The third-order valence-corrected chi connectivity index (χ3v) is 3.37. The van der Waals surface area contributed by atoms with E-state index >= 15 is 0 Å². The van der Waals surface area contributed by atoms with Crippen LogP contribution in [0.1, 0.15) is 19.8 Å².